The molecular weight excluding hydrogens is 180 g/mol. The smallest absolute Gasteiger partial charge is 0.235 e. The van der Waals surface area contributed by atoms with E-state index in [-0.39, 0.29) is 12.5 Å². The Morgan fingerprint density at radius 2 is 2.57 bits per heavy atom. The number of nitrogens with zero attached hydrogens (tertiary/aromatic N) is 2. The van der Waals surface area contributed by atoms with Crippen molar-refractivity contribution in [3.63, 3.8) is 0 Å². The highest BCUT2D eigenvalue weighted by Gasteiger charge is 2.20. The summed E-state index contributed by atoms with van der Waals surface area (Å²) in [6.07, 6.45) is 1.09. The van der Waals surface area contributed by atoms with Gasteiger partial charge in [-0.25, -0.2) is 0 Å². The van der Waals surface area contributed by atoms with Crippen LogP contribution in [0.15, 0.2) is 0 Å². The number of carbonyl (C=O) groups is 1. The number of nitriles is 1. The second kappa shape index (κ2) is 5.58. The summed E-state index contributed by atoms with van der Waals surface area (Å²) in [7, 11) is 1.93. The molecule has 1 aliphatic rings. The van der Waals surface area contributed by atoms with Crippen LogP contribution in [0, 0.1) is 11.3 Å². The molecule has 1 atom stereocenters. The summed E-state index contributed by atoms with van der Waals surface area (Å²) in [6.45, 7) is 2.43. The Morgan fingerprint density at radius 3 is 3.14 bits per heavy atom. The molecule has 0 aliphatic carbocycles. The molecule has 0 spiro atoms. The van der Waals surface area contributed by atoms with E-state index in [1.165, 1.54) is 0 Å². The average Bonchev–Trinajstić information content (AvgIpc) is 2.67. The van der Waals surface area contributed by atoms with Crippen molar-refractivity contribution >= 4 is 5.91 Å². The lowest BCUT2D eigenvalue weighted by Gasteiger charge is -2.22. The highest BCUT2D eigenvalue weighted by molar-refractivity contribution is 5.78. The maximum Gasteiger partial charge on any atom is 0.235 e. The van der Waals surface area contributed by atoms with E-state index >= 15 is 0 Å². The highest BCUT2D eigenvalue weighted by Crippen LogP contribution is 2.04. The van der Waals surface area contributed by atoms with E-state index in [0.717, 1.165) is 19.5 Å². The van der Waals surface area contributed by atoms with E-state index in [1.54, 1.807) is 0 Å². The van der Waals surface area contributed by atoms with E-state index in [2.05, 4.69) is 10.6 Å². The normalized spacial score (nSPS) is 20.8. The van der Waals surface area contributed by atoms with Crippen molar-refractivity contribution in [2.24, 2.45) is 0 Å². The number of likely N-dealkylation sites (N-methyl/N-ethyl adjacent to an activating group) is 1. The van der Waals surface area contributed by atoms with Crippen LogP contribution >= 0.6 is 0 Å². The molecule has 1 aliphatic heterocycles. The zero-order valence-corrected chi connectivity index (χ0v) is 8.42. The second-order valence-electron chi connectivity index (χ2n) is 3.50. The van der Waals surface area contributed by atoms with Gasteiger partial charge in [0.2, 0.25) is 5.91 Å². The van der Waals surface area contributed by atoms with Crippen molar-refractivity contribution in [3.05, 3.63) is 0 Å². The summed E-state index contributed by atoms with van der Waals surface area (Å²) < 4.78 is 0. The first-order valence-corrected chi connectivity index (χ1v) is 4.78. The predicted molar refractivity (Wildman–Crippen MR) is 52.5 cm³/mol. The van der Waals surface area contributed by atoms with Gasteiger partial charge >= 0.3 is 0 Å². The van der Waals surface area contributed by atoms with Crippen molar-refractivity contribution in [2.75, 3.05) is 33.2 Å². The van der Waals surface area contributed by atoms with E-state index in [9.17, 15) is 4.79 Å². The van der Waals surface area contributed by atoms with Gasteiger partial charge in [-0.1, -0.05) is 0 Å². The zero-order valence-electron chi connectivity index (χ0n) is 8.42. The van der Waals surface area contributed by atoms with Crippen LogP contribution in [0.3, 0.4) is 0 Å². The molecule has 0 radical (unpaired) electrons. The molecule has 1 fully saturated rings. The Labute approximate surface area is 84.1 Å². The first-order valence-electron chi connectivity index (χ1n) is 4.78. The SMILES string of the molecule is CN(CC(=O)NCC#N)C1CCNC1. The fourth-order valence-electron chi connectivity index (χ4n) is 1.57. The Morgan fingerprint density at radius 1 is 1.79 bits per heavy atom. The number of carbonyl (C=O) groups excluding carboxylic acids is 1. The molecule has 5 nitrogen and oxygen atoms in total. The highest BCUT2D eigenvalue weighted by atomic mass is 16.2. The molecule has 0 aromatic heterocycles. The summed E-state index contributed by atoms with van der Waals surface area (Å²) >= 11 is 0. The average molecular weight is 196 g/mol. The minimum absolute atomic E-state index is 0.0825. The predicted octanol–water partition coefficient (Wildman–Crippen LogP) is -1.08. The zero-order chi connectivity index (χ0) is 10.4. The fourth-order valence-corrected chi connectivity index (χ4v) is 1.57. The van der Waals surface area contributed by atoms with Gasteiger partial charge in [0.1, 0.15) is 6.54 Å². The Bertz CT molecular complexity index is 229. The van der Waals surface area contributed by atoms with Crippen LogP contribution in [0.25, 0.3) is 0 Å². The van der Waals surface area contributed by atoms with Crippen LogP contribution in [-0.2, 0) is 4.79 Å². The summed E-state index contributed by atoms with van der Waals surface area (Å²) in [5, 5.41) is 14.0. The second-order valence-corrected chi connectivity index (χ2v) is 3.50. The quantitative estimate of drug-likeness (QED) is 0.561. The lowest BCUT2D eigenvalue weighted by Crippen LogP contribution is -2.41. The van der Waals surface area contributed by atoms with Crippen LogP contribution in [0.4, 0.5) is 0 Å². The molecule has 1 rings (SSSR count). The molecule has 0 aromatic carbocycles. The van der Waals surface area contributed by atoms with Gasteiger partial charge in [0.05, 0.1) is 12.6 Å². The minimum atomic E-state index is -0.0825. The van der Waals surface area contributed by atoms with Gasteiger partial charge in [0.25, 0.3) is 0 Å². The molecule has 5 heteroatoms. The van der Waals surface area contributed by atoms with Crippen LogP contribution in [-0.4, -0.2) is 50.1 Å². The molecule has 1 saturated heterocycles. The third-order valence-electron chi connectivity index (χ3n) is 2.42. The number of rotatable bonds is 4. The minimum Gasteiger partial charge on any atom is -0.342 e. The van der Waals surface area contributed by atoms with E-state index in [4.69, 9.17) is 5.26 Å². The fraction of sp³-hybridized carbons (Fsp3) is 0.778. The van der Waals surface area contributed by atoms with Crippen molar-refractivity contribution < 1.29 is 4.79 Å². The Hall–Kier alpha value is -1.12. The summed E-state index contributed by atoms with van der Waals surface area (Å²) in [4.78, 5) is 13.3. The maximum absolute atomic E-state index is 11.2. The van der Waals surface area contributed by atoms with Crippen LogP contribution in [0.5, 0.6) is 0 Å². The molecule has 1 heterocycles. The van der Waals surface area contributed by atoms with Gasteiger partial charge in [-0.05, 0) is 20.0 Å². The molecule has 0 aromatic rings. The number of hydrogen-bond donors (Lipinski definition) is 2. The third-order valence-corrected chi connectivity index (χ3v) is 2.42. The summed E-state index contributed by atoms with van der Waals surface area (Å²) in [5.41, 5.74) is 0. The van der Waals surface area contributed by atoms with Crippen LogP contribution in [0.2, 0.25) is 0 Å². The monoisotopic (exact) mass is 196 g/mol. The Balaban J connectivity index is 2.22. The topological polar surface area (TPSA) is 68.2 Å². The molecule has 14 heavy (non-hydrogen) atoms. The molecular formula is C9H16N4O. The molecule has 0 saturated carbocycles. The molecule has 1 amide bonds. The standard InChI is InChI=1S/C9H16N4O/c1-13(8-2-4-11-6-8)7-9(14)12-5-3-10/h8,11H,2,4-7H2,1H3,(H,12,14). The van der Waals surface area contributed by atoms with Crippen LogP contribution < -0.4 is 10.6 Å². The van der Waals surface area contributed by atoms with Gasteiger partial charge in [-0.3, -0.25) is 9.69 Å². The summed E-state index contributed by atoms with van der Waals surface area (Å²) in [5.74, 6) is -0.0825. The largest absolute Gasteiger partial charge is 0.342 e. The van der Waals surface area contributed by atoms with Crippen molar-refractivity contribution in [2.45, 2.75) is 12.5 Å². The van der Waals surface area contributed by atoms with Crippen LogP contribution in [0.1, 0.15) is 6.42 Å². The number of amides is 1. The lowest BCUT2D eigenvalue weighted by molar-refractivity contribution is -0.122. The molecule has 2 N–H and O–H groups in total. The first kappa shape index (κ1) is 11.0. The number of hydrogen-bond acceptors (Lipinski definition) is 4. The number of nitrogens with one attached hydrogen (secondary N) is 2. The van der Waals surface area contributed by atoms with Gasteiger partial charge in [0.15, 0.2) is 0 Å². The van der Waals surface area contributed by atoms with Crippen molar-refractivity contribution in [1.82, 2.24) is 15.5 Å². The van der Waals surface area contributed by atoms with Gasteiger partial charge in [0, 0.05) is 12.6 Å². The van der Waals surface area contributed by atoms with Gasteiger partial charge in [-0.15, -0.1) is 0 Å². The molecule has 78 valence electrons. The summed E-state index contributed by atoms with van der Waals surface area (Å²) in [6, 6.07) is 2.33. The van der Waals surface area contributed by atoms with E-state index in [1.807, 2.05) is 18.0 Å². The lowest BCUT2D eigenvalue weighted by atomic mass is 10.2. The van der Waals surface area contributed by atoms with Crippen molar-refractivity contribution in [1.29, 1.82) is 5.26 Å². The van der Waals surface area contributed by atoms with Crippen molar-refractivity contribution in [3.8, 4) is 6.07 Å². The van der Waals surface area contributed by atoms with Gasteiger partial charge in [-0.2, -0.15) is 5.26 Å². The maximum atomic E-state index is 11.2. The molecule has 1 unspecified atom stereocenters. The molecule has 0 bridgehead atoms. The third kappa shape index (κ3) is 3.32. The van der Waals surface area contributed by atoms with Gasteiger partial charge < -0.3 is 10.6 Å². The van der Waals surface area contributed by atoms with E-state index in [0.29, 0.717) is 12.6 Å². The first-order chi connectivity index (χ1) is 6.74. The van der Waals surface area contributed by atoms with E-state index < -0.39 is 0 Å². The Kier molecular flexibility index (Phi) is 4.36.